The molecular weight excluding hydrogens is 383 g/mol. The van der Waals surface area contributed by atoms with Crippen molar-refractivity contribution in [3.63, 3.8) is 0 Å². The number of hydrogen-bond donors (Lipinski definition) is 1. The second-order valence-electron chi connectivity index (χ2n) is 5.71. The van der Waals surface area contributed by atoms with E-state index in [9.17, 15) is 9.90 Å². The highest BCUT2D eigenvalue weighted by atomic mass is 35.5. The van der Waals surface area contributed by atoms with Gasteiger partial charge in [0.25, 0.3) is 5.56 Å². The predicted octanol–water partition coefficient (Wildman–Crippen LogP) is 3.82. The number of hydrogen-bond acceptors (Lipinski definition) is 5. The summed E-state index contributed by atoms with van der Waals surface area (Å²) in [5, 5.41) is 11.7. The minimum atomic E-state index is -0.885. The van der Waals surface area contributed by atoms with E-state index in [0.717, 1.165) is 15.3 Å². The maximum atomic E-state index is 12.6. The van der Waals surface area contributed by atoms with Gasteiger partial charge in [-0.15, -0.1) is 11.3 Å². The summed E-state index contributed by atoms with van der Waals surface area (Å²) >= 11 is 13.4. The van der Waals surface area contributed by atoms with Crippen molar-refractivity contribution in [2.24, 2.45) is 0 Å². The normalized spacial score (nSPS) is 12.5. The first-order valence-electron chi connectivity index (χ1n) is 7.58. The fourth-order valence-corrected chi connectivity index (χ4v) is 3.91. The van der Waals surface area contributed by atoms with Crippen LogP contribution in [0.15, 0.2) is 29.3 Å². The van der Waals surface area contributed by atoms with Crippen LogP contribution in [0.25, 0.3) is 10.2 Å². The molecule has 8 heteroatoms. The van der Waals surface area contributed by atoms with E-state index >= 15 is 0 Å². The average Bonchev–Trinajstić information content (AvgIpc) is 2.85. The van der Waals surface area contributed by atoms with E-state index < -0.39 is 6.10 Å². The van der Waals surface area contributed by atoms with Crippen molar-refractivity contribution in [2.75, 3.05) is 6.61 Å². The fraction of sp³-hybridized carbons (Fsp3) is 0.294. The van der Waals surface area contributed by atoms with Crippen molar-refractivity contribution in [3.8, 4) is 5.75 Å². The molecule has 3 aromatic rings. The Labute approximate surface area is 158 Å². The quantitative estimate of drug-likeness (QED) is 0.709. The van der Waals surface area contributed by atoms with E-state index in [0.29, 0.717) is 21.2 Å². The lowest BCUT2D eigenvalue weighted by atomic mass is 10.2. The second kappa shape index (κ2) is 7.33. The smallest absolute Gasteiger partial charge is 0.262 e. The molecule has 0 unspecified atom stereocenters. The first kappa shape index (κ1) is 18.2. The third-order valence-corrected chi connectivity index (χ3v) is 5.53. The molecule has 0 radical (unpaired) electrons. The zero-order valence-corrected chi connectivity index (χ0v) is 16.0. The highest BCUT2D eigenvalue weighted by Crippen LogP contribution is 2.28. The number of nitrogens with zero attached hydrogens (tertiary/aromatic N) is 2. The summed E-state index contributed by atoms with van der Waals surface area (Å²) in [6.45, 7) is 3.95. The predicted molar refractivity (Wildman–Crippen MR) is 101 cm³/mol. The van der Waals surface area contributed by atoms with Crippen molar-refractivity contribution in [3.05, 3.63) is 55.4 Å². The molecule has 2 aromatic heterocycles. The van der Waals surface area contributed by atoms with Crippen LogP contribution in [0.4, 0.5) is 0 Å². The maximum absolute atomic E-state index is 12.6. The van der Waals surface area contributed by atoms with Crippen molar-refractivity contribution >= 4 is 44.8 Å². The number of aliphatic hydroxyl groups excluding tert-OH is 1. The van der Waals surface area contributed by atoms with Gasteiger partial charge in [0.1, 0.15) is 23.3 Å². The molecule has 0 saturated carbocycles. The molecule has 1 N–H and O–H groups in total. The van der Waals surface area contributed by atoms with Gasteiger partial charge in [-0.1, -0.05) is 23.2 Å². The van der Waals surface area contributed by atoms with E-state index in [2.05, 4.69) is 4.98 Å². The summed E-state index contributed by atoms with van der Waals surface area (Å²) in [6, 6.07) is 4.85. The first-order chi connectivity index (χ1) is 11.9. The van der Waals surface area contributed by atoms with Gasteiger partial charge < -0.3 is 9.84 Å². The SMILES string of the molecule is Cc1sc2ncn(C[C@H](O)COc3ccc(Cl)cc3Cl)c(=O)c2c1C. The molecule has 132 valence electrons. The molecule has 1 atom stereocenters. The number of aromatic nitrogens is 2. The van der Waals surface area contributed by atoms with Gasteiger partial charge in [0.2, 0.25) is 0 Å². The van der Waals surface area contributed by atoms with Gasteiger partial charge in [-0.3, -0.25) is 9.36 Å². The lowest BCUT2D eigenvalue weighted by molar-refractivity contribution is 0.0915. The van der Waals surface area contributed by atoms with Crippen LogP contribution in [0.1, 0.15) is 10.4 Å². The molecule has 25 heavy (non-hydrogen) atoms. The number of benzene rings is 1. The number of aryl methyl sites for hydroxylation is 2. The first-order valence-corrected chi connectivity index (χ1v) is 9.15. The molecule has 0 aliphatic rings. The Bertz CT molecular complexity index is 984. The molecular formula is C17H16Cl2N2O3S. The molecule has 0 aliphatic carbocycles. The van der Waals surface area contributed by atoms with Crippen LogP contribution in [0.2, 0.25) is 10.0 Å². The number of ether oxygens (including phenoxy) is 1. The zero-order chi connectivity index (χ0) is 18.1. The van der Waals surface area contributed by atoms with Crippen molar-refractivity contribution in [1.82, 2.24) is 9.55 Å². The van der Waals surface area contributed by atoms with Gasteiger partial charge in [0, 0.05) is 9.90 Å². The molecule has 5 nitrogen and oxygen atoms in total. The molecule has 1 aromatic carbocycles. The summed E-state index contributed by atoms with van der Waals surface area (Å²) < 4.78 is 6.91. The number of thiophene rings is 1. The molecule has 0 fully saturated rings. The summed E-state index contributed by atoms with van der Waals surface area (Å²) in [4.78, 5) is 18.7. The van der Waals surface area contributed by atoms with Gasteiger partial charge in [-0.05, 0) is 37.6 Å². The average molecular weight is 399 g/mol. The minimum absolute atomic E-state index is 0.00647. The molecule has 2 heterocycles. The highest BCUT2D eigenvalue weighted by molar-refractivity contribution is 7.18. The molecule has 0 amide bonds. The number of halogens is 2. The molecule has 0 aliphatic heterocycles. The number of rotatable bonds is 5. The lowest BCUT2D eigenvalue weighted by Crippen LogP contribution is -2.30. The Kier molecular flexibility index (Phi) is 5.34. The largest absolute Gasteiger partial charge is 0.489 e. The van der Waals surface area contributed by atoms with Crippen LogP contribution in [0.3, 0.4) is 0 Å². The minimum Gasteiger partial charge on any atom is -0.489 e. The van der Waals surface area contributed by atoms with Gasteiger partial charge in [-0.25, -0.2) is 4.98 Å². The van der Waals surface area contributed by atoms with Crippen LogP contribution in [-0.2, 0) is 6.54 Å². The van der Waals surface area contributed by atoms with E-state index in [1.165, 1.54) is 22.2 Å². The van der Waals surface area contributed by atoms with Crippen LogP contribution < -0.4 is 10.3 Å². The summed E-state index contributed by atoms with van der Waals surface area (Å²) in [6.07, 6.45) is 0.571. The second-order valence-corrected chi connectivity index (χ2v) is 7.75. The Morgan fingerprint density at radius 2 is 2.12 bits per heavy atom. The highest BCUT2D eigenvalue weighted by Gasteiger charge is 2.15. The van der Waals surface area contributed by atoms with E-state index in [4.69, 9.17) is 27.9 Å². The standard InChI is InChI=1S/C17H16Cl2N2O3S/c1-9-10(2)25-16-15(9)17(23)21(8-20-16)6-12(22)7-24-14-4-3-11(18)5-13(14)19/h3-5,8,12,22H,6-7H2,1-2H3/t12-/m0/s1. The Hall–Kier alpha value is -1.60. The van der Waals surface area contributed by atoms with E-state index in [1.54, 1.807) is 18.2 Å². The van der Waals surface area contributed by atoms with E-state index in [-0.39, 0.29) is 18.7 Å². The Balaban J connectivity index is 1.73. The summed E-state index contributed by atoms with van der Waals surface area (Å²) in [5.74, 6) is 0.426. The van der Waals surface area contributed by atoms with Gasteiger partial charge in [0.05, 0.1) is 23.3 Å². The van der Waals surface area contributed by atoms with Gasteiger partial charge in [0.15, 0.2) is 0 Å². The van der Waals surface area contributed by atoms with Gasteiger partial charge >= 0.3 is 0 Å². The Morgan fingerprint density at radius 1 is 1.36 bits per heavy atom. The zero-order valence-electron chi connectivity index (χ0n) is 13.6. The third kappa shape index (κ3) is 3.82. The van der Waals surface area contributed by atoms with Crippen LogP contribution in [-0.4, -0.2) is 27.4 Å². The lowest BCUT2D eigenvalue weighted by Gasteiger charge is -2.14. The topological polar surface area (TPSA) is 64.3 Å². The van der Waals surface area contributed by atoms with Crippen molar-refractivity contribution < 1.29 is 9.84 Å². The maximum Gasteiger partial charge on any atom is 0.262 e. The van der Waals surface area contributed by atoms with Crippen molar-refractivity contribution in [1.29, 1.82) is 0 Å². The van der Waals surface area contributed by atoms with Crippen LogP contribution in [0, 0.1) is 13.8 Å². The van der Waals surface area contributed by atoms with Crippen LogP contribution >= 0.6 is 34.5 Å². The molecule has 3 rings (SSSR count). The fourth-order valence-electron chi connectivity index (χ4n) is 2.46. The monoisotopic (exact) mass is 398 g/mol. The number of aliphatic hydroxyl groups is 1. The molecule has 0 saturated heterocycles. The molecule has 0 spiro atoms. The number of fused-ring (bicyclic) bond motifs is 1. The summed E-state index contributed by atoms with van der Waals surface area (Å²) in [5.41, 5.74) is 0.779. The molecule has 0 bridgehead atoms. The van der Waals surface area contributed by atoms with Crippen molar-refractivity contribution in [2.45, 2.75) is 26.5 Å². The van der Waals surface area contributed by atoms with Crippen LogP contribution in [0.5, 0.6) is 5.75 Å². The van der Waals surface area contributed by atoms with Gasteiger partial charge in [-0.2, -0.15) is 0 Å². The third-order valence-electron chi connectivity index (χ3n) is 3.89. The Morgan fingerprint density at radius 3 is 2.84 bits per heavy atom. The summed E-state index contributed by atoms with van der Waals surface area (Å²) in [7, 11) is 0. The van der Waals surface area contributed by atoms with E-state index in [1.807, 2.05) is 13.8 Å².